The molecule has 0 aliphatic carbocycles. The molecule has 1 aromatic heterocycles. The van der Waals surface area contributed by atoms with E-state index in [2.05, 4.69) is 32.3 Å². The molecule has 6 nitrogen and oxygen atoms in total. The summed E-state index contributed by atoms with van der Waals surface area (Å²) in [5, 5.41) is 11.9. The first-order valence-corrected chi connectivity index (χ1v) is 9.39. The van der Waals surface area contributed by atoms with E-state index in [0.29, 0.717) is 42.0 Å². The van der Waals surface area contributed by atoms with Gasteiger partial charge in [-0.25, -0.2) is 9.37 Å². The number of benzene rings is 1. The van der Waals surface area contributed by atoms with E-state index in [9.17, 15) is 14.4 Å². The first-order chi connectivity index (χ1) is 13.0. The van der Waals surface area contributed by atoms with E-state index in [1.54, 1.807) is 24.4 Å². The van der Waals surface area contributed by atoms with Gasteiger partial charge in [-0.2, -0.15) is 5.26 Å². The van der Waals surface area contributed by atoms with Gasteiger partial charge in [-0.05, 0) is 37.3 Å². The molecule has 0 bridgehead atoms. The molecular weight excluding hydrogens is 413 g/mol. The van der Waals surface area contributed by atoms with Crippen LogP contribution in [0.4, 0.5) is 15.9 Å². The minimum atomic E-state index is -0.478. The number of aromatic nitrogens is 1. The molecule has 3 rings (SSSR count). The fourth-order valence-electron chi connectivity index (χ4n) is 3.05. The summed E-state index contributed by atoms with van der Waals surface area (Å²) < 4.78 is 14.5. The molecule has 1 atom stereocenters. The zero-order valence-corrected chi connectivity index (χ0v) is 16.4. The summed E-state index contributed by atoms with van der Waals surface area (Å²) in [5.41, 5.74) is 0.711. The fraction of sp³-hybridized carbons (Fsp3) is 0.316. The lowest BCUT2D eigenvalue weighted by atomic mass is 10.2. The molecule has 1 aromatic carbocycles. The van der Waals surface area contributed by atoms with Crippen molar-refractivity contribution in [3.05, 3.63) is 52.4 Å². The minimum Gasteiger partial charge on any atom is -0.353 e. The van der Waals surface area contributed by atoms with Gasteiger partial charge < -0.3 is 10.2 Å². The largest absolute Gasteiger partial charge is 0.353 e. The van der Waals surface area contributed by atoms with Crippen molar-refractivity contribution in [1.29, 1.82) is 5.26 Å². The van der Waals surface area contributed by atoms with Crippen LogP contribution in [0.5, 0.6) is 0 Å². The first-order valence-electron chi connectivity index (χ1n) is 8.59. The standard InChI is InChI=1S/C19H19BrFN5O/c1-13(19(27)24-17-5-4-15(20)11-16(17)21)25-7-9-26(10-8-25)18-14(12-22)3-2-6-23-18/h2-6,11,13H,7-10H2,1H3,(H,24,27). The Hall–Kier alpha value is -2.50. The van der Waals surface area contributed by atoms with E-state index in [-0.39, 0.29) is 11.6 Å². The summed E-state index contributed by atoms with van der Waals surface area (Å²) >= 11 is 3.20. The third-order valence-corrected chi connectivity index (χ3v) is 5.13. The van der Waals surface area contributed by atoms with Crippen molar-refractivity contribution in [2.24, 2.45) is 0 Å². The Bertz CT molecular complexity index is 877. The predicted molar refractivity (Wildman–Crippen MR) is 105 cm³/mol. The van der Waals surface area contributed by atoms with Gasteiger partial charge in [-0.15, -0.1) is 0 Å². The molecule has 1 unspecified atom stereocenters. The van der Waals surface area contributed by atoms with E-state index in [1.807, 2.05) is 16.7 Å². The van der Waals surface area contributed by atoms with Crippen LogP contribution in [0.2, 0.25) is 0 Å². The maximum absolute atomic E-state index is 13.9. The highest BCUT2D eigenvalue weighted by Gasteiger charge is 2.27. The molecule has 1 fully saturated rings. The van der Waals surface area contributed by atoms with Crippen molar-refractivity contribution >= 4 is 33.3 Å². The third-order valence-electron chi connectivity index (χ3n) is 4.64. The number of pyridine rings is 1. The maximum atomic E-state index is 13.9. The Kier molecular flexibility index (Phi) is 6.04. The molecule has 1 amide bonds. The van der Waals surface area contributed by atoms with Gasteiger partial charge in [0.15, 0.2) is 0 Å². The summed E-state index contributed by atoms with van der Waals surface area (Å²) in [5.74, 6) is -0.0529. The normalized spacial score (nSPS) is 15.9. The molecule has 1 saturated heterocycles. The molecule has 1 aliphatic rings. The van der Waals surface area contributed by atoms with Crippen LogP contribution >= 0.6 is 15.9 Å². The smallest absolute Gasteiger partial charge is 0.241 e. The Balaban J connectivity index is 1.60. The minimum absolute atomic E-state index is 0.167. The molecule has 27 heavy (non-hydrogen) atoms. The second-order valence-corrected chi connectivity index (χ2v) is 7.21. The lowest BCUT2D eigenvalue weighted by Gasteiger charge is -2.38. The summed E-state index contributed by atoms with van der Waals surface area (Å²) in [4.78, 5) is 20.9. The van der Waals surface area contributed by atoms with Crippen LogP contribution < -0.4 is 10.2 Å². The van der Waals surface area contributed by atoms with E-state index < -0.39 is 11.9 Å². The van der Waals surface area contributed by atoms with Gasteiger partial charge in [0.25, 0.3) is 0 Å². The average Bonchev–Trinajstić information content (AvgIpc) is 2.69. The molecule has 0 saturated carbocycles. The van der Waals surface area contributed by atoms with Gasteiger partial charge in [0.2, 0.25) is 5.91 Å². The van der Waals surface area contributed by atoms with Crippen LogP contribution in [0.15, 0.2) is 41.0 Å². The van der Waals surface area contributed by atoms with Crippen LogP contribution in [0.25, 0.3) is 0 Å². The molecule has 2 aromatic rings. The van der Waals surface area contributed by atoms with Crippen molar-refractivity contribution < 1.29 is 9.18 Å². The second kappa shape index (κ2) is 8.46. The van der Waals surface area contributed by atoms with Crippen LogP contribution in [0.3, 0.4) is 0 Å². The number of halogens is 2. The lowest BCUT2D eigenvalue weighted by Crippen LogP contribution is -2.53. The highest BCUT2D eigenvalue weighted by Crippen LogP contribution is 2.21. The monoisotopic (exact) mass is 431 g/mol. The van der Waals surface area contributed by atoms with Crippen molar-refractivity contribution in [3.8, 4) is 6.07 Å². The van der Waals surface area contributed by atoms with Crippen molar-refractivity contribution in [2.45, 2.75) is 13.0 Å². The molecule has 8 heteroatoms. The zero-order chi connectivity index (χ0) is 19.4. The van der Waals surface area contributed by atoms with Crippen LogP contribution in [-0.2, 0) is 4.79 Å². The summed E-state index contributed by atoms with van der Waals surface area (Å²) in [6.45, 7) is 4.44. The molecule has 1 N–H and O–H groups in total. The molecule has 140 valence electrons. The van der Waals surface area contributed by atoms with Crippen LogP contribution in [0, 0.1) is 17.1 Å². The first kappa shape index (κ1) is 19.3. The summed E-state index contributed by atoms with van der Waals surface area (Å²) in [6.07, 6.45) is 1.67. The topological polar surface area (TPSA) is 72.3 Å². The highest BCUT2D eigenvalue weighted by atomic mass is 79.9. The number of hydrogen-bond acceptors (Lipinski definition) is 5. The summed E-state index contributed by atoms with van der Waals surface area (Å²) in [7, 11) is 0. The quantitative estimate of drug-likeness (QED) is 0.805. The molecule has 2 heterocycles. The number of nitrogens with zero attached hydrogens (tertiary/aromatic N) is 4. The molecular formula is C19H19BrFN5O. The Labute approximate surface area is 165 Å². The SMILES string of the molecule is CC(C(=O)Nc1ccc(Br)cc1F)N1CCN(c2ncccc2C#N)CC1. The average molecular weight is 432 g/mol. The number of carbonyl (C=O) groups excluding carboxylic acids is 1. The van der Waals surface area contributed by atoms with Gasteiger partial charge in [-0.3, -0.25) is 9.69 Å². The molecule has 1 aliphatic heterocycles. The molecule has 0 spiro atoms. The van der Waals surface area contributed by atoms with E-state index in [4.69, 9.17) is 0 Å². The van der Waals surface area contributed by atoms with Crippen molar-refractivity contribution in [3.63, 3.8) is 0 Å². The summed E-state index contributed by atoms with van der Waals surface area (Å²) in [6, 6.07) is 9.79. The number of amides is 1. The number of anilines is 2. The van der Waals surface area contributed by atoms with E-state index >= 15 is 0 Å². The fourth-order valence-corrected chi connectivity index (χ4v) is 3.38. The predicted octanol–water partition coefficient (Wildman–Crippen LogP) is 3.00. The van der Waals surface area contributed by atoms with E-state index in [0.717, 1.165) is 0 Å². The van der Waals surface area contributed by atoms with Gasteiger partial charge >= 0.3 is 0 Å². The Morgan fingerprint density at radius 3 is 2.74 bits per heavy atom. The maximum Gasteiger partial charge on any atom is 0.241 e. The highest BCUT2D eigenvalue weighted by molar-refractivity contribution is 9.10. The third kappa shape index (κ3) is 4.43. The Morgan fingerprint density at radius 2 is 2.07 bits per heavy atom. The number of carbonyl (C=O) groups is 1. The van der Waals surface area contributed by atoms with Crippen LogP contribution in [-0.4, -0.2) is 48.0 Å². The van der Waals surface area contributed by atoms with Crippen molar-refractivity contribution in [1.82, 2.24) is 9.88 Å². The number of hydrogen-bond donors (Lipinski definition) is 1. The van der Waals surface area contributed by atoms with Gasteiger partial charge in [0, 0.05) is 36.8 Å². The zero-order valence-electron chi connectivity index (χ0n) is 14.8. The molecule has 0 radical (unpaired) electrons. The van der Waals surface area contributed by atoms with E-state index in [1.165, 1.54) is 12.1 Å². The second-order valence-electron chi connectivity index (χ2n) is 6.30. The number of piperazine rings is 1. The Morgan fingerprint density at radius 1 is 1.33 bits per heavy atom. The van der Waals surface area contributed by atoms with Crippen LogP contribution in [0.1, 0.15) is 12.5 Å². The number of nitriles is 1. The lowest BCUT2D eigenvalue weighted by molar-refractivity contribution is -0.120. The van der Waals surface area contributed by atoms with Gasteiger partial charge in [0.1, 0.15) is 17.7 Å². The van der Waals surface area contributed by atoms with Gasteiger partial charge in [-0.1, -0.05) is 15.9 Å². The number of nitrogens with one attached hydrogen (secondary N) is 1. The van der Waals surface area contributed by atoms with Gasteiger partial charge in [0.05, 0.1) is 17.3 Å². The number of rotatable bonds is 4. The van der Waals surface area contributed by atoms with Crippen molar-refractivity contribution in [2.75, 3.05) is 36.4 Å².